The van der Waals surface area contributed by atoms with Crippen LogP contribution >= 0.6 is 10.0 Å². The number of fused-ring (bicyclic) bond motifs is 7. The van der Waals surface area contributed by atoms with Gasteiger partial charge in [0, 0.05) is 11.1 Å². The van der Waals surface area contributed by atoms with Crippen LogP contribution in [-0.4, -0.2) is 37.8 Å². The average Bonchev–Trinajstić information content (AvgIpc) is 2.99. The van der Waals surface area contributed by atoms with E-state index in [4.69, 9.17) is 0 Å². The summed E-state index contributed by atoms with van der Waals surface area (Å²) in [5.41, 5.74) is 8.43. The van der Waals surface area contributed by atoms with Gasteiger partial charge in [0.25, 0.3) is 0 Å². The molecule has 4 aromatic carbocycles. The monoisotopic (exact) mass is 413 g/mol. The second kappa shape index (κ2) is 6.35. The Balaban J connectivity index is 2.05. The molecule has 0 heterocycles. The number of hydrogen-bond donors (Lipinski definition) is 0. The minimum Gasteiger partial charge on any atom is -0.289 e. The van der Waals surface area contributed by atoms with Crippen LogP contribution < -0.4 is 0 Å². The highest BCUT2D eigenvalue weighted by molar-refractivity contribution is 8.33. The van der Waals surface area contributed by atoms with Crippen LogP contribution in [0, 0.1) is 13.8 Å². The van der Waals surface area contributed by atoms with E-state index in [1.807, 2.05) is 0 Å². The van der Waals surface area contributed by atoms with Crippen molar-refractivity contribution in [1.29, 1.82) is 0 Å². The van der Waals surface area contributed by atoms with Crippen LogP contribution in [0.3, 0.4) is 0 Å². The number of nitrogens with zero attached hydrogens (tertiary/aromatic N) is 1. The van der Waals surface area contributed by atoms with E-state index >= 15 is 0 Å². The van der Waals surface area contributed by atoms with E-state index in [1.165, 1.54) is 54.9 Å². The zero-order chi connectivity index (χ0) is 21.4. The molecule has 30 heavy (non-hydrogen) atoms. The van der Waals surface area contributed by atoms with Gasteiger partial charge in [0.1, 0.15) is 4.87 Å². The van der Waals surface area contributed by atoms with Crippen molar-refractivity contribution in [3.05, 3.63) is 82.9 Å². The van der Waals surface area contributed by atoms with Crippen molar-refractivity contribution in [3.63, 3.8) is 0 Å². The molecule has 0 unspecified atom stereocenters. The standard InChI is InChI=1S/C28H31NS/c1-18-8-12-22-20(16-18)10-14-24-25-15-11-21-17-19(2)9-13-23(21)27(25)28(26(22)24,29(3)4)30(5,6)7/h8-17H,1-7H3. The fourth-order valence-electron chi connectivity index (χ4n) is 5.81. The maximum Gasteiger partial charge on any atom is 0.105 e. The number of rotatable bonds is 2. The molecular formula is C28H31NS. The SMILES string of the molecule is Cc1ccc2c3c(ccc2c1)-c1ccc2cc(C)ccc2c1C3(N(C)C)S(C)(C)C. The molecule has 154 valence electrons. The molecule has 1 aliphatic carbocycles. The Bertz CT molecular complexity index is 1230. The molecule has 1 aliphatic rings. The summed E-state index contributed by atoms with van der Waals surface area (Å²) in [6.07, 6.45) is 7.43. The Morgan fingerprint density at radius 3 is 1.43 bits per heavy atom. The Labute approximate surface area is 182 Å². The fraction of sp³-hybridized carbons (Fsp3) is 0.286. The molecule has 4 aromatic rings. The van der Waals surface area contributed by atoms with Crippen molar-refractivity contribution >= 4 is 31.6 Å². The van der Waals surface area contributed by atoms with Crippen LogP contribution in [0.5, 0.6) is 0 Å². The van der Waals surface area contributed by atoms with Gasteiger partial charge in [-0.15, -0.1) is 0 Å². The third kappa shape index (κ3) is 2.41. The molecule has 0 saturated carbocycles. The minimum atomic E-state index is -1.07. The van der Waals surface area contributed by atoms with E-state index in [9.17, 15) is 0 Å². The first-order chi connectivity index (χ1) is 14.2. The highest BCUT2D eigenvalue weighted by Crippen LogP contribution is 2.69. The van der Waals surface area contributed by atoms with Crippen LogP contribution in [0.1, 0.15) is 22.3 Å². The molecule has 0 bridgehead atoms. The van der Waals surface area contributed by atoms with E-state index < -0.39 is 10.0 Å². The van der Waals surface area contributed by atoms with Crippen LogP contribution in [-0.2, 0) is 4.87 Å². The van der Waals surface area contributed by atoms with Gasteiger partial charge in [0.05, 0.1) is 0 Å². The van der Waals surface area contributed by atoms with Gasteiger partial charge in [0.15, 0.2) is 0 Å². The number of hydrogen-bond acceptors (Lipinski definition) is 1. The molecule has 5 rings (SSSR count). The van der Waals surface area contributed by atoms with E-state index in [1.54, 1.807) is 0 Å². The lowest BCUT2D eigenvalue weighted by molar-refractivity contribution is 0.309. The van der Waals surface area contributed by atoms with Crippen molar-refractivity contribution in [1.82, 2.24) is 4.90 Å². The second-order valence-electron chi connectivity index (χ2n) is 9.80. The van der Waals surface area contributed by atoms with Crippen molar-refractivity contribution in [2.75, 3.05) is 32.9 Å². The van der Waals surface area contributed by atoms with Crippen molar-refractivity contribution in [3.8, 4) is 11.1 Å². The Morgan fingerprint density at radius 2 is 1.07 bits per heavy atom. The van der Waals surface area contributed by atoms with Crippen LogP contribution in [0.4, 0.5) is 0 Å². The highest BCUT2D eigenvalue weighted by Gasteiger charge is 2.52. The zero-order valence-corrected chi connectivity index (χ0v) is 19.9. The number of benzene rings is 4. The molecule has 0 atom stereocenters. The lowest BCUT2D eigenvalue weighted by Crippen LogP contribution is -2.44. The molecule has 1 nitrogen and oxygen atoms in total. The summed E-state index contributed by atoms with van der Waals surface area (Å²) >= 11 is 0. The molecule has 0 fully saturated rings. The van der Waals surface area contributed by atoms with Crippen molar-refractivity contribution in [2.24, 2.45) is 0 Å². The first-order valence-corrected chi connectivity index (χ1v) is 13.5. The third-order valence-electron chi connectivity index (χ3n) is 6.83. The van der Waals surface area contributed by atoms with Gasteiger partial charge < -0.3 is 0 Å². The molecule has 0 spiro atoms. The Hall–Kier alpha value is -2.29. The van der Waals surface area contributed by atoms with E-state index in [0.717, 1.165) is 0 Å². The van der Waals surface area contributed by atoms with Gasteiger partial charge in [-0.3, -0.25) is 4.90 Å². The molecule has 0 aliphatic heterocycles. The molecule has 0 radical (unpaired) electrons. The summed E-state index contributed by atoms with van der Waals surface area (Å²) in [7, 11) is 3.48. The summed E-state index contributed by atoms with van der Waals surface area (Å²) in [5.74, 6) is 0. The maximum atomic E-state index is 2.51. The van der Waals surface area contributed by atoms with E-state index in [-0.39, 0.29) is 4.87 Å². The predicted molar refractivity (Wildman–Crippen MR) is 136 cm³/mol. The summed E-state index contributed by atoms with van der Waals surface area (Å²) < 4.78 is 0. The summed E-state index contributed by atoms with van der Waals surface area (Å²) in [6, 6.07) is 23.3. The van der Waals surface area contributed by atoms with Crippen molar-refractivity contribution < 1.29 is 0 Å². The Kier molecular flexibility index (Phi) is 4.16. The molecular weight excluding hydrogens is 382 g/mol. The molecule has 0 aromatic heterocycles. The largest absolute Gasteiger partial charge is 0.289 e. The molecule has 0 N–H and O–H groups in total. The van der Waals surface area contributed by atoms with Gasteiger partial charge in [-0.05, 0) is 79.4 Å². The first kappa shape index (κ1) is 19.7. The highest BCUT2D eigenvalue weighted by atomic mass is 32.3. The smallest absolute Gasteiger partial charge is 0.105 e. The van der Waals surface area contributed by atoms with Gasteiger partial charge >= 0.3 is 0 Å². The quantitative estimate of drug-likeness (QED) is 0.340. The molecule has 0 saturated heterocycles. The van der Waals surface area contributed by atoms with Crippen molar-refractivity contribution in [2.45, 2.75) is 18.7 Å². The van der Waals surface area contributed by atoms with Crippen LogP contribution in [0.2, 0.25) is 0 Å². The van der Waals surface area contributed by atoms with Gasteiger partial charge in [-0.2, -0.15) is 0 Å². The summed E-state index contributed by atoms with van der Waals surface area (Å²) in [5, 5.41) is 5.48. The normalized spacial score (nSPS) is 15.6. The van der Waals surface area contributed by atoms with Gasteiger partial charge in [0.2, 0.25) is 0 Å². The predicted octanol–water partition coefficient (Wildman–Crippen LogP) is 7.05. The van der Waals surface area contributed by atoms with E-state index in [0.29, 0.717) is 0 Å². The lowest BCUT2D eigenvalue weighted by Gasteiger charge is -2.52. The maximum absolute atomic E-state index is 2.51. The Morgan fingerprint density at radius 1 is 0.633 bits per heavy atom. The van der Waals surface area contributed by atoms with Gasteiger partial charge in [-0.25, -0.2) is 10.0 Å². The van der Waals surface area contributed by atoms with Gasteiger partial charge in [-0.1, -0.05) is 71.8 Å². The first-order valence-electron chi connectivity index (χ1n) is 10.6. The minimum absolute atomic E-state index is 0.138. The lowest BCUT2D eigenvalue weighted by atomic mass is 9.93. The molecule has 0 amide bonds. The summed E-state index contributed by atoms with van der Waals surface area (Å²) in [6.45, 7) is 4.37. The fourth-order valence-corrected chi connectivity index (χ4v) is 8.57. The number of aryl methyl sites for hydroxylation is 2. The average molecular weight is 414 g/mol. The molecule has 2 heteroatoms. The third-order valence-corrected chi connectivity index (χ3v) is 9.38. The second-order valence-corrected chi connectivity index (χ2v) is 14.1. The van der Waals surface area contributed by atoms with Crippen LogP contribution in [0.15, 0.2) is 60.7 Å². The topological polar surface area (TPSA) is 3.24 Å². The van der Waals surface area contributed by atoms with Crippen LogP contribution in [0.25, 0.3) is 32.7 Å². The zero-order valence-electron chi connectivity index (χ0n) is 19.1. The van der Waals surface area contributed by atoms with E-state index in [2.05, 4.69) is 112 Å². The summed E-state index contributed by atoms with van der Waals surface area (Å²) in [4.78, 5) is 2.37.